The largest absolute Gasteiger partial charge is 0.326 e. The number of carbonyl (C=O) groups is 1. The summed E-state index contributed by atoms with van der Waals surface area (Å²) in [6, 6.07) is 18.8. The van der Waals surface area contributed by atoms with E-state index in [4.69, 9.17) is 5.26 Å². The van der Waals surface area contributed by atoms with Gasteiger partial charge in [-0.05, 0) is 24.3 Å². The molecule has 0 aliphatic carbocycles. The number of thiazole rings is 1. The topological polar surface area (TPSA) is 70.2 Å². The normalized spacial score (nSPS) is 10.6. The van der Waals surface area contributed by atoms with Crippen LogP contribution < -0.4 is 5.32 Å². The van der Waals surface area contributed by atoms with Crippen LogP contribution in [0.25, 0.3) is 16.2 Å². The Balaban J connectivity index is 1.52. The van der Waals surface area contributed by atoms with Crippen molar-refractivity contribution in [3.05, 3.63) is 77.4 Å². The number of amides is 1. The lowest BCUT2D eigenvalue weighted by Crippen LogP contribution is -2.15. The minimum Gasteiger partial charge on any atom is -0.326 e. The minimum absolute atomic E-state index is 0.107. The lowest BCUT2D eigenvalue weighted by atomic mass is 10.2. The van der Waals surface area contributed by atoms with Crippen LogP contribution in [0, 0.1) is 11.3 Å². The Morgan fingerprint density at radius 2 is 1.92 bits per heavy atom. The van der Waals surface area contributed by atoms with Gasteiger partial charge in [-0.25, -0.2) is 4.98 Å². The lowest BCUT2D eigenvalue weighted by molar-refractivity contribution is -0.115. The van der Waals surface area contributed by atoms with Crippen molar-refractivity contribution in [3.63, 3.8) is 0 Å². The molecule has 26 heavy (non-hydrogen) atoms. The van der Waals surface area contributed by atoms with E-state index in [2.05, 4.69) is 16.4 Å². The molecular weight excluding hydrogens is 344 g/mol. The van der Waals surface area contributed by atoms with Gasteiger partial charge >= 0.3 is 0 Å². The van der Waals surface area contributed by atoms with Crippen molar-refractivity contribution in [1.82, 2.24) is 9.38 Å². The van der Waals surface area contributed by atoms with Crippen molar-refractivity contribution >= 4 is 27.9 Å². The monoisotopic (exact) mass is 358 g/mol. The van der Waals surface area contributed by atoms with Gasteiger partial charge in [-0.3, -0.25) is 9.20 Å². The van der Waals surface area contributed by atoms with Crippen LogP contribution in [0.3, 0.4) is 0 Å². The quantitative estimate of drug-likeness (QED) is 0.597. The highest BCUT2D eigenvalue weighted by molar-refractivity contribution is 7.15. The Morgan fingerprint density at radius 3 is 2.65 bits per heavy atom. The Kier molecular flexibility index (Phi) is 4.22. The van der Waals surface area contributed by atoms with Crippen LogP contribution in [-0.2, 0) is 11.2 Å². The summed E-state index contributed by atoms with van der Waals surface area (Å²) >= 11 is 1.52. The highest BCUT2D eigenvalue weighted by Crippen LogP contribution is 2.24. The van der Waals surface area contributed by atoms with Gasteiger partial charge in [0.15, 0.2) is 4.96 Å². The minimum atomic E-state index is -0.107. The van der Waals surface area contributed by atoms with Gasteiger partial charge in [0, 0.05) is 28.5 Å². The van der Waals surface area contributed by atoms with Crippen LogP contribution in [0.4, 0.5) is 5.69 Å². The van der Waals surface area contributed by atoms with Gasteiger partial charge in [0.05, 0.1) is 23.7 Å². The molecule has 2 aromatic heterocycles. The van der Waals surface area contributed by atoms with Crippen LogP contribution in [0.15, 0.2) is 66.2 Å². The number of nitrogens with zero attached hydrogens (tertiary/aromatic N) is 3. The summed E-state index contributed by atoms with van der Waals surface area (Å²) in [7, 11) is 0. The van der Waals surface area contributed by atoms with Crippen molar-refractivity contribution in [3.8, 4) is 17.3 Å². The molecule has 2 aromatic carbocycles. The Hall–Kier alpha value is -3.43. The number of hydrogen-bond acceptors (Lipinski definition) is 4. The van der Waals surface area contributed by atoms with Gasteiger partial charge in [-0.15, -0.1) is 11.3 Å². The molecular formula is C20H14N4OS. The second-order valence-corrected chi connectivity index (χ2v) is 6.62. The van der Waals surface area contributed by atoms with Crippen molar-refractivity contribution in [2.45, 2.75) is 6.42 Å². The van der Waals surface area contributed by atoms with Crippen LogP contribution in [-0.4, -0.2) is 15.3 Å². The number of carbonyl (C=O) groups excluding carboxylic acids is 1. The maximum Gasteiger partial charge on any atom is 0.230 e. The van der Waals surface area contributed by atoms with Crippen LogP contribution in [0.5, 0.6) is 0 Å². The zero-order valence-electron chi connectivity index (χ0n) is 13.7. The Labute approximate surface area is 154 Å². The predicted octanol–water partition coefficient (Wildman–Crippen LogP) is 4.12. The first kappa shape index (κ1) is 16.1. The zero-order chi connectivity index (χ0) is 17.9. The molecule has 0 saturated carbocycles. The number of aromatic nitrogens is 2. The maximum absolute atomic E-state index is 12.3. The van der Waals surface area contributed by atoms with Crippen LogP contribution >= 0.6 is 11.3 Å². The van der Waals surface area contributed by atoms with E-state index < -0.39 is 0 Å². The molecule has 2 heterocycles. The second-order valence-electron chi connectivity index (χ2n) is 5.79. The van der Waals surface area contributed by atoms with E-state index in [1.54, 1.807) is 24.3 Å². The van der Waals surface area contributed by atoms with Crippen molar-refractivity contribution in [1.29, 1.82) is 5.26 Å². The molecule has 0 unspecified atom stereocenters. The predicted molar refractivity (Wildman–Crippen MR) is 102 cm³/mol. The highest BCUT2D eigenvalue weighted by Gasteiger charge is 2.12. The van der Waals surface area contributed by atoms with E-state index in [0.29, 0.717) is 11.3 Å². The van der Waals surface area contributed by atoms with E-state index in [1.807, 2.05) is 46.3 Å². The van der Waals surface area contributed by atoms with Gasteiger partial charge in [0.25, 0.3) is 0 Å². The van der Waals surface area contributed by atoms with E-state index >= 15 is 0 Å². The molecule has 6 heteroatoms. The smallest absolute Gasteiger partial charge is 0.230 e. The molecule has 0 aliphatic heterocycles. The first-order valence-corrected chi connectivity index (χ1v) is 8.92. The number of nitrogens with one attached hydrogen (secondary N) is 1. The van der Waals surface area contributed by atoms with Gasteiger partial charge in [-0.1, -0.05) is 30.3 Å². The first-order valence-electron chi connectivity index (χ1n) is 8.04. The third-order valence-electron chi connectivity index (χ3n) is 3.99. The summed E-state index contributed by atoms with van der Waals surface area (Å²) in [5.74, 6) is -0.107. The average Bonchev–Trinajstić information content (AvgIpc) is 3.25. The summed E-state index contributed by atoms with van der Waals surface area (Å²) < 4.78 is 1.96. The molecule has 0 radical (unpaired) electrons. The van der Waals surface area contributed by atoms with Crippen molar-refractivity contribution in [2.75, 3.05) is 5.32 Å². The number of nitriles is 1. The fraction of sp³-hybridized carbons (Fsp3) is 0.0500. The SMILES string of the molecule is N#Cc1ccc(NC(=O)Cc2csc3nc(-c4ccccc4)cn23)cc1. The maximum atomic E-state index is 12.3. The summed E-state index contributed by atoms with van der Waals surface area (Å²) in [5, 5.41) is 13.6. The molecule has 0 aliphatic rings. The van der Waals surface area contributed by atoms with E-state index in [0.717, 1.165) is 21.9 Å². The van der Waals surface area contributed by atoms with Gasteiger partial charge in [-0.2, -0.15) is 5.26 Å². The first-order chi connectivity index (χ1) is 12.7. The summed E-state index contributed by atoms with van der Waals surface area (Å²) in [5.41, 5.74) is 4.08. The average molecular weight is 358 g/mol. The molecule has 0 spiro atoms. The number of fused-ring (bicyclic) bond motifs is 1. The third kappa shape index (κ3) is 3.21. The van der Waals surface area contributed by atoms with Crippen molar-refractivity contribution in [2.24, 2.45) is 0 Å². The van der Waals surface area contributed by atoms with E-state index in [-0.39, 0.29) is 12.3 Å². The van der Waals surface area contributed by atoms with Crippen LogP contribution in [0.2, 0.25) is 0 Å². The number of anilines is 1. The van der Waals surface area contributed by atoms with E-state index in [9.17, 15) is 4.79 Å². The molecule has 1 N–H and O–H groups in total. The third-order valence-corrected chi connectivity index (χ3v) is 4.88. The standard InChI is InChI=1S/C20H14N4OS/c21-11-14-6-8-16(9-7-14)22-19(25)10-17-13-26-20-23-18(12-24(17)20)15-4-2-1-3-5-15/h1-9,12-13H,10H2,(H,22,25). The highest BCUT2D eigenvalue weighted by atomic mass is 32.1. The fourth-order valence-corrected chi connectivity index (χ4v) is 3.58. The molecule has 126 valence electrons. The molecule has 0 saturated heterocycles. The van der Waals surface area contributed by atoms with Gasteiger partial charge in [0.2, 0.25) is 5.91 Å². The molecule has 0 atom stereocenters. The Morgan fingerprint density at radius 1 is 1.15 bits per heavy atom. The molecule has 0 bridgehead atoms. The zero-order valence-corrected chi connectivity index (χ0v) is 14.5. The molecule has 5 nitrogen and oxygen atoms in total. The van der Waals surface area contributed by atoms with E-state index in [1.165, 1.54) is 11.3 Å². The Bertz CT molecular complexity index is 1100. The molecule has 1 amide bonds. The van der Waals surface area contributed by atoms with Crippen molar-refractivity contribution < 1.29 is 4.79 Å². The molecule has 4 rings (SSSR count). The molecule has 0 fully saturated rings. The fourth-order valence-electron chi connectivity index (χ4n) is 2.70. The molecule has 4 aromatic rings. The number of rotatable bonds is 4. The number of benzene rings is 2. The summed E-state index contributed by atoms with van der Waals surface area (Å²) in [4.78, 5) is 17.8. The number of hydrogen-bond donors (Lipinski definition) is 1. The lowest BCUT2D eigenvalue weighted by Gasteiger charge is -2.04. The van der Waals surface area contributed by atoms with Gasteiger partial charge in [0.1, 0.15) is 0 Å². The second kappa shape index (κ2) is 6.82. The van der Waals surface area contributed by atoms with Gasteiger partial charge < -0.3 is 5.32 Å². The van der Waals surface area contributed by atoms with Crippen LogP contribution in [0.1, 0.15) is 11.3 Å². The summed E-state index contributed by atoms with van der Waals surface area (Å²) in [6.45, 7) is 0. The number of imidazole rings is 1. The summed E-state index contributed by atoms with van der Waals surface area (Å²) in [6.07, 6.45) is 2.22.